The molecule has 0 saturated heterocycles. The highest BCUT2D eigenvalue weighted by Gasteiger charge is 2.42. The summed E-state index contributed by atoms with van der Waals surface area (Å²) in [6.07, 6.45) is 0. The van der Waals surface area contributed by atoms with Gasteiger partial charge in [-0.3, -0.25) is 4.57 Å². The summed E-state index contributed by atoms with van der Waals surface area (Å²) in [5, 5.41) is -8.22. The molecule has 0 amide bonds. The zero-order valence-corrected chi connectivity index (χ0v) is 38.5. The highest BCUT2D eigenvalue weighted by Crippen LogP contribution is 2.37. The molecule has 11 aromatic carbocycles. The molecule has 0 aliphatic heterocycles. The maximum Gasteiger partial charge on any atom is 0.238 e. The quantitative estimate of drug-likeness (QED) is 0.101. The molecule has 3 aromatic heterocycles. The van der Waals surface area contributed by atoms with Crippen molar-refractivity contribution in [1.82, 2.24) is 24.1 Å². The fraction of sp³-hybridized carbons (Fsp3) is 0. The van der Waals surface area contributed by atoms with Crippen LogP contribution in [0, 0.1) is 0 Å². The van der Waals surface area contributed by atoms with Crippen LogP contribution in [0.15, 0.2) is 284 Å². The Balaban J connectivity index is 1.28. The first-order valence-corrected chi connectivity index (χ1v) is 24.0. The van der Waals surface area contributed by atoms with E-state index in [1.165, 1.54) is 18.2 Å². The summed E-state index contributed by atoms with van der Waals surface area (Å²) in [5.74, 6) is -3.26. The molecular formula is C69H47N5Si. The first kappa shape index (κ1) is 18.3. The molecule has 14 aromatic rings. The summed E-state index contributed by atoms with van der Waals surface area (Å²) in [7, 11) is -7.19. The van der Waals surface area contributed by atoms with Crippen LogP contribution < -0.4 is 20.7 Å². The van der Waals surface area contributed by atoms with Crippen LogP contribution in [-0.4, -0.2) is 32.2 Å². The number of benzene rings is 11. The van der Waals surface area contributed by atoms with Crippen molar-refractivity contribution in [2.24, 2.45) is 0 Å². The van der Waals surface area contributed by atoms with Gasteiger partial charge in [0.05, 0.1) is 86.7 Å². The van der Waals surface area contributed by atoms with Crippen molar-refractivity contribution in [3.8, 4) is 56.7 Å². The summed E-state index contributed by atoms with van der Waals surface area (Å²) < 4.78 is 406. The van der Waals surface area contributed by atoms with Gasteiger partial charge in [-0.05, 0) is 79.3 Å². The smallest absolute Gasteiger partial charge is 0.238 e. The Morgan fingerprint density at radius 2 is 0.707 bits per heavy atom. The van der Waals surface area contributed by atoms with Gasteiger partial charge >= 0.3 is 0 Å². The van der Waals surface area contributed by atoms with Crippen LogP contribution in [-0.2, 0) is 0 Å². The molecule has 0 radical (unpaired) electrons. The van der Waals surface area contributed by atoms with E-state index in [0.29, 0.717) is 4.57 Å². The lowest BCUT2D eigenvalue weighted by molar-refractivity contribution is 0.952. The fourth-order valence-electron chi connectivity index (χ4n) is 8.70. The van der Waals surface area contributed by atoms with Crippen molar-refractivity contribution >= 4 is 72.4 Å². The third-order valence-electron chi connectivity index (χ3n) is 11.9. The van der Waals surface area contributed by atoms with Gasteiger partial charge in [-0.15, -0.1) is 0 Å². The van der Waals surface area contributed by atoms with Crippen LogP contribution >= 0.6 is 0 Å². The standard InChI is InChI=1S/C69H47N5Si/c1-4-22-48(23-5-1)50-42-44-54(45-43-50)75(53-28-8-3-9-29-53,55-30-20-26-51(46-55)49-24-6-2-7-25-49)56-31-21-27-52(47-56)67-70-68(72-69(71-67)74-64-39-17-12-34-59(64)60-35-13-18-40-65(60)74)61-36-14-19-41-66(61)73-62-37-15-10-32-57(62)58-33-11-16-38-63(58)73/h1-47H/i1D,2D,3D,4D,5D,6D,7D,8D,9D,10D,11D,12D,13D,15D,16D,17D,18D,20D,21D,22D,23D,24D,25D,26D,27D,28D,29D,30D,31D,32D,33D,34D,35D,37D,38D,39D,40D,42D,43D,44D,45D,46D,47D. The van der Waals surface area contributed by atoms with E-state index in [1.807, 2.05) is 0 Å². The normalized spacial score (nSPS) is 20.4. The molecule has 1 unspecified atom stereocenters. The van der Waals surface area contributed by atoms with E-state index >= 15 is 0 Å². The third-order valence-corrected chi connectivity index (χ3v) is 15.9. The molecule has 0 N–H and O–H groups in total. The minimum absolute atomic E-state index is 0.416. The van der Waals surface area contributed by atoms with Gasteiger partial charge in [0, 0.05) is 32.7 Å². The number of hydrogen-bond donors (Lipinski definition) is 0. The fourth-order valence-corrected chi connectivity index (χ4v) is 12.3. The summed E-state index contributed by atoms with van der Waals surface area (Å²) in [6, 6.07) is -47.2. The van der Waals surface area contributed by atoms with Crippen LogP contribution in [0.5, 0.6) is 0 Å². The van der Waals surface area contributed by atoms with Crippen molar-refractivity contribution < 1.29 is 58.9 Å². The molecule has 75 heavy (non-hydrogen) atoms. The van der Waals surface area contributed by atoms with Crippen molar-refractivity contribution in [3.63, 3.8) is 0 Å². The number of para-hydroxylation sites is 5. The van der Waals surface area contributed by atoms with Crippen LogP contribution in [0.25, 0.3) is 100 Å². The van der Waals surface area contributed by atoms with Crippen LogP contribution in [0.4, 0.5) is 0 Å². The lowest BCUT2D eigenvalue weighted by Crippen LogP contribution is -2.74. The summed E-state index contributed by atoms with van der Waals surface area (Å²) in [4.78, 5) is 14.2. The molecular weight excluding hydrogens is 927 g/mol. The van der Waals surface area contributed by atoms with E-state index in [-0.39, 0.29) is 0 Å². The second kappa shape index (κ2) is 18.4. The number of aromatic nitrogens is 5. The zero-order chi connectivity index (χ0) is 87.1. The molecule has 5 nitrogen and oxygen atoms in total. The Hall–Kier alpha value is -9.75. The lowest BCUT2D eigenvalue weighted by Gasteiger charge is -2.35. The number of rotatable bonds is 10. The number of fused-ring (bicyclic) bond motifs is 6. The second-order valence-electron chi connectivity index (χ2n) is 15.9. The minimum atomic E-state index is -7.19. The Morgan fingerprint density at radius 3 is 1.28 bits per heavy atom. The molecule has 0 bridgehead atoms. The van der Waals surface area contributed by atoms with E-state index in [4.69, 9.17) is 33.3 Å². The van der Waals surface area contributed by atoms with Gasteiger partial charge in [-0.1, -0.05) is 248 Å². The second-order valence-corrected chi connectivity index (χ2v) is 19.4. The lowest BCUT2D eigenvalue weighted by atomic mass is 10.1. The predicted molar refractivity (Wildman–Crippen MR) is 314 cm³/mol. The van der Waals surface area contributed by atoms with Gasteiger partial charge in [0.2, 0.25) is 5.95 Å². The van der Waals surface area contributed by atoms with Gasteiger partial charge in [0.15, 0.2) is 19.7 Å². The van der Waals surface area contributed by atoms with E-state index in [1.54, 1.807) is 0 Å². The first-order chi connectivity index (χ1) is 55.1. The summed E-state index contributed by atoms with van der Waals surface area (Å²) >= 11 is 0. The average Bonchev–Trinajstić information content (AvgIpc) is 0.928. The van der Waals surface area contributed by atoms with Gasteiger partial charge < -0.3 is 4.57 Å². The molecule has 3 heterocycles. The molecule has 352 valence electrons. The van der Waals surface area contributed by atoms with Gasteiger partial charge in [0.1, 0.15) is 0 Å². The van der Waals surface area contributed by atoms with Crippen molar-refractivity contribution in [2.45, 2.75) is 0 Å². The van der Waals surface area contributed by atoms with Gasteiger partial charge in [-0.2, -0.15) is 9.97 Å². The monoisotopic (exact) mass is 1020 g/mol. The molecule has 0 aliphatic rings. The van der Waals surface area contributed by atoms with Crippen LogP contribution in [0.3, 0.4) is 0 Å². The Bertz CT molecular complexity index is 6790. The number of nitrogens with zero attached hydrogens (tertiary/aromatic N) is 5. The molecule has 14 rings (SSSR count). The Labute approximate surface area is 496 Å². The average molecular weight is 1020 g/mol. The van der Waals surface area contributed by atoms with E-state index in [2.05, 4.69) is 4.98 Å². The van der Waals surface area contributed by atoms with E-state index < -0.39 is 389 Å². The molecule has 1 atom stereocenters. The van der Waals surface area contributed by atoms with E-state index in [9.17, 15) is 35.6 Å². The largest absolute Gasteiger partial charge is 0.309 e. The highest BCUT2D eigenvalue weighted by molar-refractivity contribution is 7.20. The topological polar surface area (TPSA) is 48.5 Å². The maximum absolute atomic E-state index is 11.1. The van der Waals surface area contributed by atoms with Crippen LogP contribution in [0.1, 0.15) is 58.9 Å². The molecule has 0 aliphatic carbocycles. The summed E-state index contributed by atoms with van der Waals surface area (Å²) in [5.41, 5.74) is -9.50. The number of hydrogen-bond acceptors (Lipinski definition) is 3. The third kappa shape index (κ3) is 7.41. The maximum atomic E-state index is 11.1. The molecule has 0 fully saturated rings. The van der Waals surface area contributed by atoms with Crippen molar-refractivity contribution in [2.75, 3.05) is 0 Å². The van der Waals surface area contributed by atoms with Gasteiger partial charge in [-0.25, -0.2) is 4.98 Å². The first-order valence-electron chi connectivity index (χ1n) is 43.5. The molecule has 6 heteroatoms. The van der Waals surface area contributed by atoms with E-state index in [0.717, 1.165) is 10.6 Å². The predicted octanol–water partition coefficient (Wildman–Crippen LogP) is 14.1. The molecule has 0 spiro atoms. The SMILES string of the molecule is [2H]c1c([2H])c([2H])c(-c2c([2H])c([2H])c([Si](c3c([2H])c([2H])c([2H])c([2H])c3[2H])(c3c([2H])c([2H])c([2H])c(-c4nc(-c5ccccc5-n5c6c([2H])c([2H])c([2H])c([2H])c6c6c([2H])c([2H])c([2H])c([2H])c65)nc(-n5c6c([2H])c([2H])c([2H])c([2H])c6c6c([2H])c([2H])c([2H])c([2H])c65)n4)c3[2H])c3c([2H])c([2H])c([2H])c(-c4c([2H])c([2H])c([2H])c([2H])c4[2H])c3[2H])c([2H])c2[2H])c([2H])c1[2H]. The highest BCUT2D eigenvalue weighted by atomic mass is 28.3. The Morgan fingerprint density at radius 1 is 0.307 bits per heavy atom. The van der Waals surface area contributed by atoms with Crippen molar-refractivity contribution in [3.05, 3.63) is 284 Å². The molecule has 0 saturated carbocycles. The summed E-state index contributed by atoms with van der Waals surface area (Å²) in [6.45, 7) is 0. The van der Waals surface area contributed by atoms with Gasteiger partial charge in [0.25, 0.3) is 0 Å². The van der Waals surface area contributed by atoms with Crippen molar-refractivity contribution in [1.29, 1.82) is 0 Å². The van der Waals surface area contributed by atoms with Crippen LogP contribution in [0.2, 0.25) is 0 Å². The minimum Gasteiger partial charge on any atom is -0.309 e. The Kier molecular flexibility index (Phi) is 4.49. The zero-order valence-electron chi connectivity index (χ0n) is 80.5.